The predicted molar refractivity (Wildman–Crippen MR) is 85.9 cm³/mol. The molecule has 2 aliphatic rings. The summed E-state index contributed by atoms with van der Waals surface area (Å²) in [6.45, 7) is 3.95. The molecule has 0 aliphatic carbocycles. The first kappa shape index (κ1) is 14.2. The number of hydrogen-bond donors (Lipinski definition) is 1. The number of aromatic nitrogens is 3. The van der Waals surface area contributed by atoms with Crippen molar-refractivity contribution in [3.8, 4) is 0 Å². The molecule has 2 aliphatic heterocycles. The number of pyridine rings is 1. The lowest BCUT2D eigenvalue weighted by atomic mass is 9.94. The lowest BCUT2D eigenvalue weighted by Gasteiger charge is -2.27. The summed E-state index contributed by atoms with van der Waals surface area (Å²) in [7, 11) is 0. The van der Waals surface area contributed by atoms with E-state index in [-0.39, 0.29) is 0 Å². The van der Waals surface area contributed by atoms with Gasteiger partial charge in [0.15, 0.2) is 5.65 Å². The first-order valence-electron chi connectivity index (χ1n) is 8.52. The predicted octanol–water partition coefficient (Wildman–Crippen LogP) is 2.32. The molecule has 0 aromatic carbocycles. The molecule has 1 N–H and O–H groups in total. The maximum Gasteiger partial charge on any atom is 0.160 e. The molecule has 0 bridgehead atoms. The Labute approximate surface area is 131 Å². The Balaban J connectivity index is 1.68. The number of rotatable bonds is 3. The van der Waals surface area contributed by atoms with E-state index in [4.69, 9.17) is 9.72 Å². The van der Waals surface area contributed by atoms with Gasteiger partial charge in [-0.2, -0.15) is 0 Å². The second-order valence-electron chi connectivity index (χ2n) is 6.51. The number of ether oxygens (including phenoxy) is 1. The van der Waals surface area contributed by atoms with Gasteiger partial charge in [0.2, 0.25) is 0 Å². The lowest BCUT2D eigenvalue weighted by Crippen LogP contribution is -2.30. The standard InChI is InChI=1S/C17H24N4O/c1-4-15-17(19-7-1)21(14-3-2-10-22-12-14)16(20-15)11-13-5-8-18-9-6-13/h1,4,7,13-14,18H,2-3,5-6,8-12H2. The van der Waals surface area contributed by atoms with Crippen molar-refractivity contribution in [2.24, 2.45) is 5.92 Å². The van der Waals surface area contributed by atoms with Gasteiger partial charge in [-0.05, 0) is 56.8 Å². The topological polar surface area (TPSA) is 52.0 Å². The van der Waals surface area contributed by atoms with Gasteiger partial charge in [-0.3, -0.25) is 0 Å². The largest absolute Gasteiger partial charge is 0.379 e. The third-order valence-electron chi connectivity index (χ3n) is 4.95. The normalized spacial score (nSPS) is 23.9. The fraction of sp³-hybridized carbons (Fsp3) is 0.647. The molecule has 5 heteroatoms. The maximum absolute atomic E-state index is 5.71. The van der Waals surface area contributed by atoms with Gasteiger partial charge in [-0.15, -0.1) is 0 Å². The minimum Gasteiger partial charge on any atom is -0.379 e. The molecular formula is C17H24N4O. The van der Waals surface area contributed by atoms with Crippen molar-refractivity contribution < 1.29 is 4.74 Å². The molecule has 5 nitrogen and oxygen atoms in total. The zero-order valence-electron chi connectivity index (χ0n) is 13.0. The smallest absolute Gasteiger partial charge is 0.160 e. The van der Waals surface area contributed by atoms with Crippen LogP contribution in [0.5, 0.6) is 0 Å². The van der Waals surface area contributed by atoms with Crippen LogP contribution >= 0.6 is 0 Å². The van der Waals surface area contributed by atoms with Gasteiger partial charge in [0.25, 0.3) is 0 Å². The third-order valence-corrected chi connectivity index (χ3v) is 4.95. The number of nitrogens with one attached hydrogen (secondary N) is 1. The Hall–Kier alpha value is -1.46. The summed E-state index contributed by atoms with van der Waals surface area (Å²) in [5.74, 6) is 1.94. The van der Waals surface area contributed by atoms with Crippen LogP contribution in [0, 0.1) is 5.92 Å². The minimum absolute atomic E-state index is 0.394. The SMILES string of the molecule is c1cnc2c(c1)nc(CC1CCNCC1)n2C1CCCOC1. The lowest BCUT2D eigenvalue weighted by molar-refractivity contribution is 0.0591. The number of piperidine rings is 1. The monoisotopic (exact) mass is 300 g/mol. The fourth-order valence-corrected chi connectivity index (χ4v) is 3.78. The molecule has 22 heavy (non-hydrogen) atoms. The van der Waals surface area contributed by atoms with E-state index in [1.54, 1.807) is 0 Å². The summed E-state index contributed by atoms with van der Waals surface area (Å²) < 4.78 is 8.08. The molecule has 0 radical (unpaired) electrons. The van der Waals surface area contributed by atoms with E-state index >= 15 is 0 Å². The van der Waals surface area contributed by atoms with E-state index in [1.807, 2.05) is 12.3 Å². The highest BCUT2D eigenvalue weighted by Gasteiger charge is 2.24. The summed E-state index contributed by atoms with van der Waals surface area (Å²) in [5.41, 5.74) is 2.05. The molecule has 2 aromatic rings. The van der Waals surface area contributed by atoms with Gasteiger partial charge >= 0.3 is 0 Å². The molecular weight excluding hydrogens is 276 g/mol. The van der Waals surface area contributed by atoms with E-state index in [0.29, 0.717) is 6.04 Å². The molecule has 4 heterocycles. The molecule has 1 atom stereocenters. The molecule has 118 valence electrons. The van der Waals surface area contributed by atoms with Crippen molar-refractivity contribution in [3.63, 3.8) is 0 Å². The first-order chi connectivity index (χ1) is 10.9. The van der Waals surface area contributed by atoms with E-state index in [0.717, 1.165) is 56.2 Å². The number of imidazole rings is 1. The van der Waals surface area contributed by atoms with Gasteiger partial charge in [-0.1, -0.05) is 0 Å². The van der Waals surface area contributed by atoms with Crippen molar-refractivity contribution in [3.05, 3.63) is 24.2 Å². The molecule has 2 saturated heterocycles. The van der Waals surface area contributed by atoms with Crippen molar-refractivity contribution in [2.75, 3.05) is 26.3 Å². The van der Waals surface area contributed by atoms with Crippen LogP contribution in [0.1, 0.15) is 37.5 Å². The van der Waals surface area contributed by atoms with Crippen LogP contribution in [0.3, 0.4) is 0 Å². The summed E-state index contributed by atoms with van der Waals surface area (Å²) >= 11 is 0. The van der Waals surface area contributed by atoms with Crippen LogP contribution in [0.15, 0.2) is 18.3 Å². The average Bonchev–Trinajstić information content (AvgIpc) is 2.94. The Morgan fingerprint density at radius 2 is 2.18 bits per heavy atom. The van der Waals surface area contributed by atoms with E-state index < -0.39 is 0 Å². The van der Waals surface area contributed by atoms with Crippen molar-refractivity contribution >= 4 is 11.2 Å². The molecule has 2 fully saturated rings. The van der Waals surface area contributed by atoms with Gasteiger partial charge in [0.05, 0.1) is 12.6 Å². The van der Waals surface area contributed by atoms with Crippen molar-refractivity contribution in [1.82, 2.24) is 19.9 Å². The van der Waals surface area contributed by atoms with Crippen LogP contribution in [-0.4, -0.2) is 40.8 Å². The Morgan fingerprint density at radius 3 is 3.00 bits per heavy atom. The summed E-state index contributed by atoms with van der Waals surface area (Å²) in [4.78, 5) is 9.51. The molecule has 1 unspecified atom stereocenters. The van der Waals surface area contributed by atoms with Gasteiger partial charge in [0.1, 0.15) is 11.3 Å². The maximum atomic E-state index is 5.71. The second kappa shape index (κ2) is 6.34. The highest BCUT2D eigenvalue weighted by atomic mass is 16.5. The Morgan fingerprint density at radius 1 is 1.27 bits per heavy atom. The van der Waals surface area contributed by atoms with Gasteiger partial charge in [0, 0.05) is 19.2 Å². The average molecular weight is 300 g/mol. The van der Waals surface area contributed by atoms with Crippen molar-refractivity contribution in [2.45, 2.75) is 38.1 Å². The van der Waals surface area contributed by atoms with Crippen LogP contribution in [0.4, 0.5) is 0 Å². The molecule has 4 rings (SSSR count). The Bertz CT molecular complexity index is 627. The van der Waals surface area contributed by atoms with E-state index in [1.165, 1.54) is 25.1 Å². The van der Waals surface area contributed by atoms with Crippen molar-refractivity contribution in [1.29, 1.82) is 0 Å². The van der Waals surface area contributed by atoms with Gasteiger partial charge < -0.3 is 14.6 Å². The van der Waals surface area contributed by atoms with Gasteiger partial charge in [-0.25, -0.2) is 9.97 Å². The zero-order valence-corrected chi connectivity index (χ0v) is 13.0. The Kier molecular flexibility index (Phi) is 4.08. The second-order valence-corrected chi connectivity index (χ2v) is 6.51. The molecule has 0 amide bonds. The molecule has 2 aromatic heterocycles. The zero-order chi connectivity index (χ0) is 14.8. The minimum atomic E-state index is 0.394. The quantitative estimate of drug-likeness (QED) is 0.945. The number of nitrogens with zero attached hydrogens (tertiary/aromatic N) is 3. The molecule has 0 saturated carbocycles. The highest BCUT2D eigenvalue weighted by Crippen LogP contribution is 2.28. The third kappa shape index (κ3) is 2.75. The van der Waals surface area contributed by atoms with E-state index in [2.05, 4.69) is 20.9 Å². The number of fused-ring (bicyclic) bond motifs is 1. The van der Waals surface area contributed by atoms with Crippen LogP contribution in [-0.2, 0) is 11.2 Å². The van der Waals surface area contributed by atoms with Crippen LogP contribution in [0.25, 0.3) is 11.2 Å². The summed E-state index contributed by atoms with van der Waals surface area (Å²) in [6.07, 6.45) is 7.73. The number of hydrogen-bond acceptors (Lipinski definition) is 4. The summed E-state index contributed by atoms with van der Waals surface area (Å²) in [6, 6.07) is 4.45. The van der Waals surface area contributed by atoms with E-state index in [9.17, 15) is 0 Å². The molecule has 0 spiro atoms. The van der Waals surface area contributed by atoms with Crippen LogP contribution in [0.2, 0.25) is 0 Å². The van der Waals surface area contributed by atoms with Crippen LogP contribution < -0.4 is 5.32 Å². The first-order valence-corrected chi connectivity index (χ1v) is 8.52. The summed E-state index contributed by atoms with van der Waals surface area (Å²) in [5, 5.41) is 3.45. The fourth-order valence-electron chi connectivity index (χ4n) is 3.78. The highest BCUT2D eigenvalue weighted by molar-refractivity contribution is 5.71.